The zero-order chi connectivity index (χ0) is 23.6. The molecule has 1 fully saturated rings. The Labute approximate surface area is 193 Å². The summed E-state index contributed by atoms with van der Waals surface area (Å²) in [6.07, 6.45) is 1.96. The zero-order valence-electron chi connectivity index (χ0n) is 18.6. The van der Waals surface area contributed by atoms with Gasteiger partial charge in [-0.15, -0.1) is 6.58 Å². The van der Waals surface area contributed by atoms with Crippen molar-refractivity contribution in [1.82, 2.24) is 10.2 Å². The molecule has 2 atom stereocenters. The Bertz CT molecular complexity index is 1050. The fraction of sp³-hybridized carbons (Fsp3) is 0.346. The van der Waals surface area contributed by atoms with Crippen LogP contribution in [0, 0.1) is 0 Å². The number of rotatable bonds is 7. The molecule has 0 spiro atoms. The van der Waals surface area contributed by atoms with Crippen molar-refractivity contribution in [1.29, 1.82) is 0 Å². The number of carbonyl (C=O) groups is 3. The minimum absolute atomic E-state index is 0.0920. The van der Waals surface area contributed by atoms with Crippen molar-refractivity contribution in [2.75, 3.05) is 13.2 Å². The summed E-state index contributed by atoms with van der Waals surface area (Å²) >= 11 is 0. The molecule has 0 aromatic heterocycles. The summed E-state index contributed by atoms with van der Waals surface area (Å²) in [6.45, 7) is 5.67. The molecule has 2 aromatic rings. The van der Waals surface area contributed by atoms with Crippen molar-refractivity contribution in [3.05, 3.63) is 72.3 Å². The Kier molecular flexibility index (Phi) is 6.22. The Morgan fingerprint density at radius 2 is 1.79 bits per heavy atom. The van der Waals surface area contributed by atoms with E-state index in [1.54, 1.807) is 6.92 Å². The highest BCUT2D eigenvalue weighted by Crippen LogP contribution is 2.44. The third-order valence-electron chi connectivity index (χ3n) is 6.70. The number of carboxylic acid groups (broad SMARTS) is 1. The van der Waals surface area contributed by atoms with Gasteiger partial charge in [0, 0.05) is 12.5 Å². The van der Waals surface area contributed by atoms with E-state index in [1.165, 1.54) is 11.0 Å². The molecule has 2 aromatic carbocycles. The molecule has 33 heavy (non-hydrogen) atoms. The first-order valence-electron chi connectivity index (χ1n) is 11.1. The summed E-state index contributed by atoms with van der Waals surface area (Å²) < 4.78 is 5.56. The van der Waals surface area contributed by atoms with Gasteiger partial charge in [0.1, 0.15) is 18.2 Å². The van der Waals surface area contributed by atoms with Gasteiger partial charge in [0.15, 0.2) is 0 Å². The Balaban J connectivity index is 1.45. The molecule has 0 bridgehead atoms. The smallest absolute Gasteiger partial charge is 0.407 e. The van der Waals surface area contributed by atoms with Gasteiger partial charge in [-0.1, -0.05) is 54.6 Å². The normalized spacial score (nSPS) is 20.0. The van der Waals surface area contributed by atoms with Gasteiger partial charge in [0.2, 0.25) is 5.91 Å². The Hall–Kier alpha value is -3.61. The first-order chi connectivity index (χ1) is 15.9. The van der Waals surface area contributed by atoms with E-state index in [9.17, 15) is 19.5 Å². The Morgan fingerprint density at radius 1 is 1.18 bits per heavy atom. The molecule has 1 aliphatic carbocycles. The summed E-state index contributed by atoms with van der Waals surface area (Å²) in [5.74, 6) is -1.58. The van der Waals surface area contributed by atoms with Crippen molar-refractivity contribution in [3.8, 4) is 11.1 Å². The van der Waals surface area contributed by atoms with Gasteiger partial charge in [-0.2, -0.15) is 0 Å². The van der Waals surface area contributed by atoms with Crippen LogP contribution in [0.25, 0.3) is 11.1 Å². The molecule has 0 saturated carbocycles. The molecule has 1 saturated heterocycles. The van der Waals surface area contributed by atoms with E-state index >= 15 is 0 Å². The maximum Gasteiger partial charge on any atom is 0.407 e. The average Bonchev–Trinajstić information content (AvgIpc) is 3.36. The molecule has 1 unspecified atom stereocenters. The van der Waals surface area contributed by atoms with Crippen LogP contribution in [0.2, 0.25) is 0 Å². The Morgan fingerprint density at radius 3 is 2.36 bits per heavy atom. The monoisotopic (exact) mass is 448 g/mol. The first kappa shape index (κ1) is 22.6. The molecular weight excluding hydrogens is 420 g/mol. The number of fused-ring (bicyclic) bond motifs is 3. The van der Waals surface area contributed by atoms with Crippen LogP contribution in [0.4, 0.5) is 4.79 Å². The molecule has 7 nitrogen and oxygen atoms in total. The van der Waals surface area contributed by atoms with Crippen molar-refractivity contribution in [3.63, 3.8) is 0 Å². The number of likely N-dealkylation sites (tertiary alicyclic amines) is 1. The summed E-state index contributed by atoms with van der Waals surface area (Å²) in [4.78, 5) is 38.9. The summed E-state index contributed by atoms with van der Waals surface area (Å²) in [5, 5.41) is 12.3. The maximum absolute atomic E-state index is 13.1. The topological polar surface area (TPSA) is 95.9 Å². The third-order valence-corrected chi connectivity index (χ3v) is 6.70. The molecule has 7 heteroatoms. The van der Waals surface area contributed by atoms with Crippen LogP contribution in [-0.4, -0.2) is 52.7 Å². The number of aliphatic carboxylic acids is 1. The summed E-state index contributed by atoms with van der Waals surface area (Å²) in [6, 6.07) is 15.1. The second-order valence-corrected chi connectivity index (χ2v) is 8.72. The average molecular weight is 449 g/mol. The molecule has 1 heterocycles. The van der Waals surface area contributed by atoms with E-state index in [4.69, 9.17) is 4.74 Å². The van der Waals surface area contributed by atoms with E-state index in [1.807, 2.05) is 36.4 Å². The third kappa shape index (κ3) is 4.11. The predicted octanol–water partition coefficient (Wildman–Crippen LogP) is 3.94. The van der Waals surface area contributed by atoms with Crippen molar-refractivity contribution in [2.45, 2.75) is 43.7 Å². The van der Waals surface area contributed by atoms with Crippen LogP contribution < -0.4 is 5.32 Å². The number of benzene rings is 2. The lowest BCUT2D eigenvalue weighted by molar-refractivity contribution is -0.156. The molecule has 1 aliphatic heterocycles. The van der Waals surface area contributed by atoms with E-state index < -0.39 is 29.6 Å². The van der Waals surface area contributed by atoms with Gasteiger partial charge in [0.25, 0.3) is 0 Å². The van der Waals surface area contributed by atoms with Gasteiger partial charge in [-0.05, 0) is 48.4 Å². The highest BCUT2D eigenvalue weighted by molar-refractivity contribution is 5.92. The summed E-state index contributed by atoms with van der Waals surface area (Å²) in [5.41, 5.74) is 3.17. The van der Waals surface area contributed by atoms with Crippen LogP contribution in [0.5, 0.6) is 0 Å². The number of hydrogen-bond donors (Lipinski definition) is 2. The SMILES string of the molecule is C=CCC(NC(=O)OCC1c2ccccc2-c2ccccc21)C(=O)N1CCC[C@@]1(C)C(=O)O. The number of carboxylic acids is 1. The lowest BCUT2D eigenvalue weighted by Crippen LogP contribution is -2.57. The summed E-state index contributed by atoms with van der Waals surface area (Å²) in [7, 11) is 0. The van der Waals surface area contributed by atoms with Crippen molar-refractivity contribution < 1.29 is 24.2 Å². The predicted molar refractivity (Wildman–Crippen MR) is 124 cm³/mol. The molecule has 172 valence electrons. The van der Waals surface area contributed by atoms with E-state index in [-0.39, 0.29) is 18.9 Å². The van der Waals surface area contributed by atoms with Gasteiger partial charge in [-0.25, -0.2) is 9.59 Å². The molecule has 2 amide bonds. The number of nitrogens with one attached hydrogen (secondary N) is 1. The minimum atomic E-state index is -1.28. The quantitative estimate of drug-likeness (QED) is 0.626. The lowest BCUT2D eigenvalue weighted by Gasteiger charge is -2.33. The molecular formula is C26H28N2O5. The number of nitrogens with zero attached hydrogens (tertiary/aromatic N) is 1. The van der Waals surface area contributed by atoms with Crippen LogP contribution in [0.1, 0.15) is 43.2 Å². The standard InChI is InChI=1S/C26H28N2O5/c1-3-9-22(23(29)28-15-8-14-26(28,2)24(30)31)27-25(32)33-16-21-19-12-6-4-10-17(19)18-11-5-7-13-20(18)21/h3-7,10-13,21-22H,1,8-9,14-16H2,2H3,(H,27,32)(H,30,31)/t22?,26-/m0/s1. The first-order valence-corrected chi connectivity index (χ1v) is 11.1. The largest absolute Gasteiger partial charge is 0.480 e. The number of ether oxygens (including phenoxy) is 1. The van der Waals surface area contributed by atoms with E-state index in [2.05, 4.69) is 24.0 Å². The highest BCUT2D eigenvalue weighted by atomic mass is 16.5. The second-order valence-electron chi connectivity index (χ2n) is 8.72. The van der Waals surface area contributed by atoms with E-state index in [0.717, 1.165) is 22.3 Å². The zero-order valence-corrected chi connectivity index (χ0v) is 18.6. The van der Waals surface area contributed by atoms with Crippen LogP contribution in [-0.2, 0) is 14.3 Å². The van der Waals surface area contributed by atoms with Gasteiger partial charge in [-0.3, -0.25) is 4.79 Å². The fourth-order valence-corrected chi connectivity index (χ4v) is 4.90. The fourth-order valence-electron chi connectivity index (χ4n) is 4.90. The van der Waals surface area contributed by atoms with Crippen LogP contribution in [0.15, 0.2) is 61.2 Å². The molecule has 2 aliphatic rings. The number of hydrogen-bond acceptors (Lipinski definition) is 4. The number of amides is 2. The van der Waals surface area contributed by atoms with Crippen LogP contribution in [0.3, 0.4) is 0 Å². The van der Waals surface area contributed by atoms with Gasteiger partial charge >= 0.3 is 12.1 Å². The van der Waals surface area contributed by atoms with Crippen molar-refractivity contribution >= 4 is 18.0 Å². The maximum atomic E-state index is 13.1. The van der Waals surface area contributed by atoms with Crippen molar-refractivity contribution in [2.24, 2.45) is 0 Å². The van der Waals surface area contributed by atoms with Gasteiger partial charge < -0.3 is 20.1 Å². The molecule has 2 N–H and O–H groups in total. The number of alkyl carbamates (subject to hydrolysis) is 1. The molecule has 0 radical (unpaired) electrons. The molecule has 4 rings (SSSR count). The number of carbonyl (C=O) groups excluding carboxylic acids is 2. The second kappa shape index (κ2) is 9.10. The highest BCUT2D eigenvalue weighted by Gasteiger charge is 2.47. The van der Waals surface area contributed by atoms with Gasteiger partial charge in [0.05, 0.1) is 0 Å². The van der Waals surface area contributed by atoms with E-state index in [0.29, 0.717) is 19.4 Å². The van der Waals surface area contributed by atoms with Crippen LogP contribution >= 0.6 is 0 Å². The minimum Gasteiger partial charge on any atom is -0.480 e. The lowest BCUT2D eigenvalue weighted by atomic mass is 9.98.